The van der Waals surface area contributed by atoms with Crippen molar-refractivity contribution in [3.8, 4) is 0 Å². The number of likely N-dealkylation sites (N-methyl/N-ethyl adjacent to an activating group) is 1. The number of fused-ring (bicyclic) bond motifs is 1. The Morgan fingerprint density at radius 3 is 2.38 bits per heavy atom. The number of hydrogen-bond donors (Lipinski definition) is 2. The second kappa shape index (κ2) is 9.34. The zero-order chi connectivity index (χ0) is 20.8. The van der Waals surface area contributed by atoms with Gasteiger partial charge in [-0.2, -0.15) is 0 Å². The molecule has 0 saturated carbocycles. The van der Waals surface area contributed by atoms with Crippen LogP contribution >= 0.6 is 0 Å². The summed E-state index contributed by atoms with van der Waals surface area (Å²) >= 11 is 0. The molecule has 0 aliphatic carbocycles. The van der Waals surface area contributed by atoms with Crippen LogP contribution in [-0.2, 0) is 11.3 Å². The van der Waals surface area contributed by atoms with Gasteiger partial charge < -0.3 is 5.32 Å². The van der Waals surface area contributed by atoms with Crippen molar-refractivity contribution < 1.29 is 4.79 Å². The molecular formula is C22H26N4O3. The standard InChI is InChI=1S/C22H26N4O3/c1-3-25(4-2)19(16-10-6-5-7-11-16)14-23-20(27)15-26-18-13-9-8-12-17(18)21(28)24-22(26)29/h5-13,19H,3-4,14-15H2,1-2H3,(H,23,27)(H,24,28,29). The van der Waals surface area contributed by atoms with Crippen LogP contribution in [0.1, 0.15) is 25.5 Å². The van der Waals surface area contributed by atoms with Crippen LogP contribution < -0.4 is 16.6 Å². The van der Waals surface area contributed by atoms with Crippen LogP contribution in [0.15, 0.2) is 64.2 Å². The van der Waals surface area contributed by atoms with Crippen LogP contribution in [0, 0.1) is 0 Å². The van der Waals surface area contributed by atoms with Crippen LogP contribution in [0.4, 0.5) is 0 Å². The molecule has 3 aromatic rings. The maximum atomic E-state index is 12.6. The summed E-state index contributed by atoms with van der Waals surface area (Å²) in [7, 11) is 0. The molecule has 2 aromatic carbocycles. The fourth-order valence-electron chi connectivity index (χ4n) is 3.61. The van der Waals surface area contributed by atoms with Crippen molar-refractivity contribution in [2.75, 3.05) is 19.6 Å². The Morgan fingerprint density at radius 1 is 1.03 bits per heavy atom. The molecule has 0 saturated heterocycles. The number of amides is 1. The summed E-state index contributed by atoms with van der Waals surface area (Å²) in [4.78, 5) is 41.4. The summed E-state index contributed by atoms with van der Waals surface area (Å²) in [6, 6.07) is 16.8. The van der Waals surface area contributed by atoms with Crippen LogP contribution in [0.3, 0.4) is 0 Å². The SMILES string of the molecule is CCN(CC)C(CNC(=O)Cn1c(=O)[nH]c(=O)c2ccccc21)c1ccccc1. The number of para-hydroxylation sites is 1. The molecule has 0 aliphatic heterocycles. The highest BCUT2D eigenvalue weighted by Crippen LogP contribution is 2.19. The van der Waals surface area contributed by atoms with Gasteiger partial charge in [-0.25, -0.2) is 4.79 Å². The Morgan fingerprint density at radius 2 is 1.69 bits per heavy atom. The minimum absolute atomic E-state index is 0.0409. The van der Waals surface area contributed by atoms with Gasteiger partial charge in [-0.1, -0.05) is 56.3 Å². The lowest BCUT2D eigenvalue weighted by atomic mass is 10.1. The fraction of sp³-hybridized carbons (Fsp3) is 0.318. The van der Waals surface area contributed by atoms with Crippen molar-refractivity contribution in [1.29, 1.82) is 0 Å². The molecule has 1 unspecified atom stereocenters. The zero-order valence-corrected chi connectivity index (χ0v) is 16.7. The molecule has 2 N–H and O–H groups in total. The summed E-state index contributed by atoms with van der Waals surface area (Å²) in [6.45, 7) is 6.17. The molecule has 0 radical (unpaired) electrons. The third kappa shape index (κ3) is 4.63. The van der Waals surface area contributed by atoms with Crippen molar-refractivity contribution in [3.05, 3.63) is 81.0 Å². The fourth-order valence-corrected chi connectivity index (χ4v) is 3.61. The number of H-pyrrole nitrogens is 1. The van der Waals surface area contributed by atoms with E-state index in [1.165, 1.54) is 4.57 Å². The van der Waals surface area contributed by atoms with Gasteiger partial charge in [0.2, 0.25) is 5.91 Å². The van der Waals surface area contributed by atoms with Crippen molar-refractivity contribution >= 4 is 16.8 Å². The van der Waals surface area contributed by atoms with E-state index in [-0.39, 0.29) is 18.5 Å². The molecule has 0 fully saturated rings. The van der Waals surface area contributed by atoms with Crippen molar-refractivity contribution in [2.24, 2.45) is 0 Å². The largest absolute Gasteiger partial charge is 0.353 e. The van der Waals surface area contributed by atoms with Gasteiger partial charge in [-0.15, -0.1) is 0 Å². The highest BCUT2D eigenvalue weighted by Gasteiger charge is 2.19. The number of aromatic nitrogens is 2. The molecular weight excluding hydrogens is 368 g/mol. The Labute approximate surface area is 169 Å². The van der Waals surface area contributed by atoms with Gasteiger partial charge in [-0.3, -0.25) is 24.0 Å². The molecule has 152 valence electrons. The molecule has 1 atom stereocenters. The number of hydrogen-bond acceptors (Lipinski definition) is 4. The lowest BCUT2D eigenvalue weighted by molar-refractivity contribution is -0.121. The zero-order valence-electron chi connectivity index (χ0n) is 16.7. The average Bonchev–Trinajstić information content (AvgIpc) is 2.74. The predicted molar refractivity (Wildman–Crippen MR) is 114 cm³/mol. The van der Waals surface area contributed by atoms with E-state index in [1.54, 1.807) is 24.3 Å². The first-order valence-corrected chi connectivity index (χ1v) is 9.82. The van der Waals surface area contributed by atoms with Gasteiger partial charge in [-0.05, 0) is 30.8 Å². The maximum absolute atomic E-state index is 12.6. The molecule has 1 aromatic heterocycles. The highest BCUT2D eigenvalue weighted by atomic mass is 16.2. The van der Waals surface area contributed by atoms with Gasteiger partial charge in [0.15, 0.2) is 0 Å². The van der Waals surface area contributed by atoms with Crippen molar-refractivity contribution in [2.45, 2.75) is 26.4 Å². The van der Waals surface area contributed by atoms with Crippen molar-refractivity contribution in [1.82, 2.24) is 19.8 Å². The molecule has 29 heavy (non-hydrogen) atoms. The number of nitrogens with one attached hydrogen (secondary N) is 2. The number of nitrogens with zero attached hydrogens (tertiary/aromatic N) is 2. The second-order valence-electron chi connectivity index (χ2n) is 6.81. The van der Waals surface area contributed by atoms with Crippen LogP contribution in [0.2, 0.25) is 0 Å². The quantitative estimate of drug-likeness (QED) is 0.611. The van der Waals surface area contributed by atoms with E-state index in [4.69, 9.17) is 0 Å². The normalized spacial score (nSPS) is 12.2. The third-order valence-corrected chi connectivity index (χ3v) is 5.14. The van der Waals surface area contributed by atoms with E-state index >= 15 is 0 Å². The van der Waals surface area contributed by atoms with E-state index in [9.17, 15) is 14.4 Å². The molecule has 0 aliphatic rings. The number of carbonyl (C=O) groups excluding carboxylic acids is 1. The van der Waals surface area contributed by atoms with E-state index in [0.717, 1.165) is 18.7 Å². The maximum Gasteiger partial charge on any atom is 0.329 e. The van der Waals surface area contributed by atoms with E-state index in [1.807, 2.05) is 18.2 Å². The highest BCUT2D eigenvalue weighted by molar-refractivity contribution is 5.81. The minimum Gasteiger partial charge on any atom is -0.353 e. The molecule has 0 bridgehead atoms. The molecule has 7 nitrogen and oxygen atoms in total. The average molecular weight is 394 g/mol. The number of benzene rings is 2. The smallest absolute Gasteiger partial charge is 0.329 e. The number of rotatable bonds is 8. The summed E-state index contributed by atoms with van der Waals surface area (Å²) in [5.41, 5.74) is 0.531. The van der Waals surface area contributed by atoms with Crippen LogP contribution in [-0.4, -0.2) is 40.0 Å². The van der Waals surface area contributed by atoms with Crippen LogP contribution in [0.25, 0.3) is 10.9 Å². The Bertz CT molecular complexity index is 1080. The first kappa shape index (κ1) is 20.5. The van der Waals surface area contributed by atoms with Crippen molar-refractivity contribution in [3.63, 3.8) is 0 Å². The Balaban J connectivity index is 1.79. The molecule has 3 rings (SSSR count). The van der Waals surface area contributed by atoms with Crippen LogP contribution in [0.5, 0.6) is 0 Å². The van der Waals surface area contributed by atoms with E-state index in [0.29, 0.717) is 17.4 Å². The molecule has 1 amide bonds. The van der Waals surface area contributed by atoms with Gasteiger partial charge in [0.25, 0.3) is 5.56 Å². The number of aromatic amines is 1. The second-order valence-corrected chi connectivity index (χ2v) is 6.81. The topological polar surface area (TPSA) is 87.2 Å². The monoisotopic (exact) mass is 394 g/mol. The number of carbonyl (C=O) groups is 1. The van der Waals surface area contributed by atoms with Gasteiger partial charge in [0, 0.05) is 6.54 Å². The summed E-state index contributed by atoms with van der Waals surface area (Å²) in [5.74, 6) is -0.280. The summed E-state index contributed by atoms with van der Waals surface area (Å²) in [6.07, 6.45) is 0. The lowest BCUT2D eigenvalue weighted by Crippen LogP contribution is -2.41. The van der Waals surface area contributed by atoms with Gasteiger partial charge in [0.1, 0.15) is 6.54 Å². The molecule has 0 spiro atoms. The first-order valence-electron chi connectivity index (χ1n) is 9.82. The van der Waals surface area contributed by atoms with E-state index in [2.05, 4.69) is 41.2 Å². The van der Waals surface area contributed by atoms with Gasteiger partial charge in [0.05, 0.1) is 16.9 Å². The molecule has 7 heteroatoms. The van der Waals surface area contributed by atoms with E-state index < -0.39 is 11.2 Å². The lowest BCUT2D eigenvalue weighted by Gasteiger charge is -2.30. The van der Waals surface area contributed by atoms with Gasteiger partial charge >= 0.3 is 5.69 Å². The third-order valence-electron chi connectivity index (χ3n) is 5.14. The summed E-state index contributed by atoms with van der Waals surface area (Å²) < 4.78 is 1.29. The molecule has 1 heterocycles. The Kier molecular flexibility index (Phi) is 6.61. The predicted octanol–water partition coefficient (Wildman–Crippen LogP) is 1.89. The minimum atomic E-state index is -0.591. The Hall–Kier alpha value is -3.19. The summed E-state index contributed by atoms with van der Waals surface area (Å²) in [5, 5.41) is 3.33. The first-order chi connectivity index (χ1) is 14.0.